The molecule has 2 aromatic rings. The molecule has 4 N–H and O–H groups in total. The van der Waals surface area contributed by atoms with E-state index in [1.54, 1.807) is 25.1 Å². The van der Waals surface area contributed by atoms with Gasteiger partial charge in [-0.05, 0) is 35.7 Å². The third-order valence-corrected chi connectivity index (χ3v) is 3.39. The molecule has 0 bridgehead atoms. The van der Waals surface area contributed by atoms with Crippen LogP contribution in [0.25, 0.3) is 11.1 Å². The highest BCUT2D eigenvalue weighted by Crippen LogP contribution is 2.28. The zero-order valence-electron chi connectivity index (χ0n) is 15.6. The van der Waals surface area contributed by atoms with Gasteiger partial charge >= 0.3 is 6.36 Å². The van der Waals surface area contributed by atoms with E-state index >= 15 is 0 Å². The van der Waals surface area contributed by atoms with E-state index < -0.39 is 28.4 Å². The first-order chi connectivity index (χ1) is 13.2. The normalized spacial score (nSPS) is 12.5. The van der Waals surface area contributed by atoms with Gasteiger partial charge in [-0.3, -0.25) is 9.35 Å². The maximum absolute atomic E-state index is 12.3. The second-order valence-corrected chi connectivity index (χ2v) is 7.48. The molecule has 2 aromatic carbocycles. The topological polar surface area (TPSA) is 119 Å². The number of alkyl halides is 3. The van der Waals surface area contributed by atoms with Crippen LogP contribution < -0.4 is 15.8 Å². The number of carbonyl (C=O) groups excluding carboxylic acids is 1. The first kappa shape index (κ1) is 24.4. The number of hydrogen-bond acceptors (Lipinski definition) is 5. The number of carbonyl (C=O) groups is 1. The van der Waals surface area contributed by atoms with Crippen LogP contribution in [-0.2, 0) is 21.5 Å². The minimum atomic E-state index is -4.72. The van der Waals surface area contributed by atoms with Gasteiger partial charge in [0.05, 0.1) is 12.3 Å². The first-order valence-electron chi connectivity index (χ1n) is 8.15. The number of primary amides is 1. The van der Waals surface area contributed by atoms with Crippen LogP contribution in [0.1, 0.15) is 12.5 Å². The maximum atomic E-state index is 12.3. The van der Waals surface area contributed by atoms with Crippen LogP contribution in [0.5, 0.6) is 5.75 Å². The number of rotatable bonds is 6. The van der Waals surface area contributed by atoms with Crippen molar-refractivity contribution in [1.82, 2.24) is 5.32 Å². The Hall–Kier alpha value is -2.63. The molecule has 0 aliphatic carbocycles. The molecule has 0 heterocycles. The van der Waals surface area contributed by atoms with Gasteiger partial charge in [0.25, 0.3) is 10.1 Å². The number of hydrogen-bond donors (Lipinski definition) is 3. The van der Waals surface area contributed by atoms with E-state index in [-0.39, 0.29) is 5.75 Å². The molecule has 1 atom stereocenters. The van der Waals surface area contributed by atoms with E-state index in [1.165, 1.54) is 18.2 Å². The summed E-state index contributed by atoms with van der Waals surface area (Å²) in [5, 5.41) is 2.97. The maximum Gasteiger partial charge on any atom is 0.573 e. The van der Waals surface area contributed by atoms with E-state index in [0.29, 0.717) is 18.4 Å². The molecule has 160 valence electrons. The molecular formula is C18H21F3N2O5S. The lowest BCUT2D eigenvalue weighted by Gasteiger charge is -2.11. The lowest BCUT2D eigenvalue weighted by atomic mass is 10.0. The lowest BCUT2D eigenvalue weighted by molar-refractivity contribution is -0.274. The second-order valence-electron chi connectivity index (χ2n) is 6.01. The number of nitrogens with two attached hydrogens (primary N) is 1. The van der Waals surface area contributed by atoms with Crippen molar-refractivity contribution in [1.29, 1.82) is 0 Å². The van der Waals surface area contributed by atoms with E-state index in [4.69, 9.17) is 10.3 Å². The molecule has 0 aliphatic rings. The average molecular weight is 434 g/mol. The number of benzene rings is 2. The van der Waals surface area contributed by atoms with Crippen molar-refractivity contribution in [2.45, 2.75) is 25.9 Å². The molecule has 0 aliphatic heterocycles. The number of halogens is 3. The minimum absolute atomic E-state index is 0.263. The highest BCUT2D eigenvalue weighted by Gasteiger charge is 2.31. The molecule has 0 aromatic heterocycles. The van der Waals surface area contributed by atoms with Crippen molar-refractivity contribution in [2.24, 2.45) is 5.73 Å². The molecule has 29 heavy (non-hydrogen) atoms. The van der Waals surface area contributed by atoms with Crippen LogP contribution in [0, 0.1) is 0 Å². The third kappa shape index (κ3) is 11.1. The standard InChI is InChI=1S/C17H17F3N2O2.CH4O3S/c1-11(16(21)23)22-10-12-5-7-13(8-6-12)14-3-2-4-15(9-14)24-17(18,19)20;1-5(2,3)4/h2-9,11,22H,10H2,1H3,(H2,21,23);1H3,(H,2,3,4). The first-order valence-corrected chi connectivity index (χ1v) is 10.00. The summed E-state index contributed by atoms with van der Waals surface area (Å²) in [4.78, 5) is 11.0. The predicted octanol–water partition coefficient (Wildman–Crippen LogP) is 2.72. The molecule has 0 saturated heterocycles. The van der Waals surface area contributed by atoms with Crippen molar-refractivity contribution in [2.75, 3.05) is 6.26 Å². The summed E-state index contributed by atoms with van der Waals surface area (Å²) >= 11 is 0. The van der Waals surface area contributed by atoms with E-state index in [0.717, 1.165) is 11.1 Å². The van der Waals surface area contributed by atoms with Crippen LogP contribution >= 0.6 is 0 Å². The summed E-state index contributed by atoms with van der Waals surface area (Å²) in [7, 11) is -3.67. The quantitative estimate of drug-likeness (QED) is 0.602. The van der Waals surface area contributed by atoms with Gasteiger partial charge in [0, 0.05) is 6.54 Å². The van der Waals surface area contributed by atoms with Gasteiger partial charge in [-0.15, -0.1) is 13.2 Å². The Morgan fingerprint density at radius 2 is 1.72 bits per heavy atom. The van der Waals surface area contributed by atoms with Crippen LogP contribution in [0.15, 0.2) is 48.5 Å². The molecule has 0 radical (unpaired) electrons. The van der Waals surface area contributed by atoms with E-state index in [2.05, 4.69) is 10.1 Å². The zero-order valence-corrected chi connectivity index (χ0v) is 16.4. The number of nitrogens with one attached hydrogen (secondary N) is 1. The molecule has 11 heteroatoms. The van der Waals surface area contributed by atoms with Gasteiger partial charge in [-0.25, -0.2) is 0 Å². The van der Waals surface area contributed by atoms with Gasteiger partial charge in [-0.1, -0.05) is 36.4 Å². The second kappa shape index (κ2) is 10.2. The fourth-order valence-corrected chi connectivity index (χ4v) is 2.06. The Morgan fingerprint density at radius 3 is 2.21 bits per heavy atom. The molecule has 1 amide bonds. The fraction of sp³-hybridized carbons (Fsp3) is 0.278. The van der Waals surface area contributed by atoms with Crippen molar-refractivity contribution in [3.63, 3.8) is 0 Å². The van der Waals surface area contributed by atoms with E-state index in [1.807, 2.05) is 12.1 Å². The Kier molecular flexibility index (Phi) is 8.61. The van der Waals surface area contributed by atoms with Crippen molar-refractivity contribution in [3.8, 4) is 16.9 Å². The average Bonchev–Trinajstić information content (AvgIpc) is 2.57. The Labute approximate surface area is 166 Å². The summed E-state index contributed by atoms with van der Waals surface area (Å²) in [6, 6.07) is 12.6. The van der Waals surface area contributed by atoms with Crippen molar-refractivity contribution < 1.29 is 35.7 Å². The highest BCUT2D eigenvalue weighted by molar-refractivity contribution is 7.85. The molecule has 1 unspecified atom stereocenters. The van der Waals surface area contributed by atoms with Crippen LogP contribution in [0.2, 0.25) is 0 Å². The number of ether oxygens (including phenoxy) is 1. The van der Waals surface area contributed by atoms with Crippen LogP contribution in [0.3, 0.4) is 0 Å². The van der Waals surface area contributed by atoms with Gasteiger partial charge < -0.3 is 15.8 Å². The minimum Gasteiger partial charge on any atom is -0.406 e. The SMILES string of the molecule is CC(NCc1ccc(-c2cccc(OC(F)(F)F)c2)cc1)C(N)=O.CS(=O)(=O)O. The highest BCUT2D eigenvalue weighted by atomic mass is 32.2. The Morgan fingerprint density at radius 1 is 1.17 bits per heavy atom. The summed E-state index contributed by atoms with van der Waals surface area (Å²) < 4.78 is 66.6. The molecular weight excluding hydrogens is 413 g/mol. The van der Waals surface area contributed by atoms with Crippen LogP contribution in [0.4, 0.5) is 13.2 Å². The molecule has 7 nitrogen and oxygen atoms in total. The molecule has 0 saturated carbocycles. The fourth-order valence-electron chi connectivity index (χ4n) is 2.06. The number of amides is 1. The van der Waals surface area contributed by atoms with Gasteiger partial charge in [0.1, 0.15) is 5.75 Å². The van der Waals surface area contributed by atoms with Gasteiger partial charge in [0.2, 0.25) is 5.91 Å². The molecule has 0 fully saturated rings. The lowest BCUT2D eigenvalue weighted by Crippen LogP contribution is -2.38. The summed E-state index contributed by atoms with van der Waals surface area (Å²) in [6.45, 7) is 2.13. The predicted molar refractivity (Wildman–Crippen MR) is 102 cm³/mol. The summed E-state index contributed by atoms with van der Waals surface area (Å²) in [6.07, 6.45) is -4.00. The molecule has 2 rings (SSSR count). The van der Waals surface area contributed by atoms with Gasteiger partial charge in [0.15, 0.2) is 0 Å². The Balaban J connectivity index is 0.000000749. The summed E-state index contributed by atoms with van der Waals surface area (Å²) in [5.41, 5.74) is 7.46. The largest absolute Gasteiger partial charge is 0.573 e. The summed E-state index contributed by atoms with van der Waals surface area (Å²) in [5.74, 6) is -0.700. The van der Waals surface area contributed by atoms with E-state index in [9.17, 15) is 26.4 Å². The van der Waals surface area contributed by atoms with Gasteiger partial charge in [-0.2, -0.15) is 8.42 Å². The van der Waals surface area contributed by atoms with Crippen molar-refractivity contribution in [3.05, 3.63) is 54.1 Å². The zero-order chi connectivity index (χ0) is 22.2. The third-order valence-electron chi connectivity index (χ3n) is 3.39. The molecule has 0 spiro atoms. The van der Waals surface area contributed by atoms with Crippen molar-refractivity contribution >= 4 is 16.0 Å². The Bertz CT molecular complexity index is 908. The van der Waals surface area contributed by atoms with Crippen LogP contribution in [-0.4, -0.2) is 37.5 Å². The monoisotopic (exact) mass is 434 g/mol. The smallest absolute Gasteiger partial charge is 0.406 e.